The zero-order chi connectivity index (χ0) is 18.8. The van der Waals surface area contributed by atoms with Crippen molar-refractivity contribution in [3.05, 3.63) is 60.2 Å². The Morgan fingerprint density at radius 2 is 1.50 bits per heavy atom. The van der Waals surface area contributed by atoms with E-state index in [9.17, 15) is 18.0 Å². The molecule has 0 saturated heterocycles. The predicted molar refractivity (Wildman–Crippen MR) is 99.9 cm³/mol. The Morgan fingerprint density at radius 3 is 2.04 bits per heavy atom. The van der Waals surface area contributed by atoms with Crippen molar-refractivity contribution in [1.82, 2.24) is 0 Å². The summed E-state index contributed by atoms with van der Waals surface area (Å²) in [6.45, 7) is 1.47. The molecule has 0 aromatic heterocycles. The molecule has 0 spiro atoms. The average Bonchev–Trinajstić information content (AvgIpc) is 3.15. The number of sulfone groups is 1. The zero-order valence-corrected chi connectivity index (χ0v) is 15.4. The molecule has 0 bridgehead atoms. The third-order valence-electron chi connectivity index (χ3n) is 4.94. The number of ketones is 1. The third kappa shape index (κ3) is 3.17. The summed E-state index contributed by atoms with van der Waals surface area (Å²) in [5, 5.41) is 2.74. The minimum absolute atomic E-state index is 0.0678. The highest BCUT2D eigenvalue weighted by Gasteiger charge is 2.52. The molecule has 1 fully saturated rings. The van der Waals surface area contributed by atoms with Crippen molar-refractivity contribution in [2.24, 2.45) is 0 Å². The Morgan fingerprint density at radius 1 is 0.923 bits per heavy atom. The molecule has 1 amide bonds. The minimum atomic E-state index is -3.81. The molecule has 0 atom stereocenters. The van der Waals surface area contributed by atoms with Crippen LogP contribution in [0.4, 0.5) is 5.69 Å². The standard InChI is InChI=1S/C20H21NO4S/c1-15(22)16-9-11-17(12-10-16)21-19(23)20(13-5-6-14-20)26(24,25)18-7-3-2-4-8-18/h2-4,7-12H,5-6,13-14H2,1H3,(H,21,23). The molecule has 0 heterocycles. The number of hydrogen-bond acceptors (Lipinski definition) is 4. The highest BCUT2D eigenvalue weighted by atomic mass is 32.2. The van der Waals surface area contributed by atoms with Gasteiger partial charge in [0.05, 0.1) is 4.90 Å². The average molecular weight is 371 g/mol. The fraction of sp³-hybridized carbons (Fsp3) is 0.300. The number of amides is 1. The SMILES string of the molecule is CC(=O)c1ccc(NC(=O)C2(S(=O)(=O)c3ccccc3)CCCC2)cc1. The predicted octanol–water partition coefficient (Wildman–Crippen LogP) is 3.61. The van der Waals surface area contributed by atoms with Crippen molar-refractivity contribution < 1.29 is 18.0 Å². The number of benzene rings is 2. The van der Waals surface area contributed by atoms with Gasteiger partial charge in [-0.1, -0.05) is 31.0 Å². The van der Waals surface area contributed by atoms with E-state index >= 15 is 0 Å². The smallest absolute Gasteiger partial charge is 0.246 e. The van der Waals surface area contributed by atoms with E-state index in [-0.39, 0.29) is 10.7 Å². The fourth-order valence-corrected chi connectivity index (χ4v) is 5.51. The second kappa shape index (κ2) is 7.03. The fourth-order valence-electron chi connectivity index (χ4n) is 3.42. The zero-order valence-electron chi connectivity index (χ0n) is 14.6. The highest BCUT2D eigenvalue weighted by molar-refractivity contribution is 7.93. The molecule has 0 unspecified atom stereocenters. The van der Waals surface area contributed by atoms with Gasteiger partial charge >= 0.3 is 0 Å². The molecule has 0 aliphatic heterocycles. The van der Waals surface area contributed by atoms with Gasteiger partial charge in [-0.2, -0.15) is 0 Å². The summed E-state index contributed by atoms with van der Waals surface area (Å²) in [4.78, 5) is 24.5. The minimum Gasteiger partial charge on any atom is -0.325 e. The van der Waals surface area contributed by atoms with Crippen LogP contribution in [0.2, 0.25) is 0 Å². The van der Waals surface area contributed by atoms with Crippen molar-refractivity contribution >= 4 is 27.2 Å². The van der Waals surface area contributed by atoms with Gasteiger partial charge in [-0.05, 0) is 56.2 Å². The summed E-state index contributed by atoms with van der Waals surface area (Å²) in [6.07, 6.45) is 2.01. The number of carbonyl (C=O) groups is 2. The second-order valence-electron chi connectivity index (χ2n) is 6.61. The van der Waals surface area contributed by atoms with Crippen molar-refractivity contribution in [2.45, 2.75) is 42.2 Å². The summed E-state index contributed by atoms with van der Waals surface area (Å²) in [5.74, 6) is -0.573. The van der Waals surface area contributed by atoms with Gasteiger partial charge in [0.2, 0.25) is 5.91 Å². The van der Waals surface area contributed by atoms with E-state index in [0.29, 0.717) is 36.9 Å². The molecule has 2 aromatic rings. The van der Waals surface area contributed by atoms with Gasteiger partial charge in [0, 0.05) is 11.3 Å². The summed E-state index contributed by atoms with van der Waals surface area (Å²) >= 11 is 0. The lowest BCUT2D eigenvalue weighted by Gasteiger charge is -2.27. The van der Waals surface area contributed by atoms with Crippen LogP contribution in [0.25, 0.3) is 0 Å². The molecule has 2 aromatic carbocycles. The first-order valence-electron chi connectivity index (χ1n) is 8.59. The molecule has 1 saturated carbocycles. The van der Waals surface area contributed by atoms with Gasteiger partial charge in [0.1, 0.15) is 0 Å². The van der Waals surface area contributed by atoms with E-state index in [4.69, 9.17) is 0 Å². The maximum absolute atomic E-state index is 13.2. The third-order valence-corrected chi connectivity index (χ3v) is 7.46. The van der Waals surface area contributed by atoms with Gasteiger partial charge in [-0.15, -0.1) is 0 Å². The highest BCUT2D eigenvalue weighted by Crippen LogP contribution is 2.41. The maximum atomic E-state index is 13.2. The molecular weight excluding hydrogens is 350 g/mol. The molecule has 3 rings (SSSR count). The van der Waals surface area contributed by atoms with E-state index < -0.39 is 20.5 Å². The Bertz CT molecular complexity index is 912. The molecular formula is C20H21NO4S. The molecule has 136 valence electrons. The van der Waals surface area contributed by atoms with Crippen molar-refractivity contribution in [3.8, 4) is 0 Å². The molecule has 1 N–H and O–H groups in total. The first kappa shape index (κ1) is 18.3. The summed E-state index contributed by atoms with van der Waals surface area (Å²) in [6, 6.07) is 14.6. The lowest BCUT2D eigenvalue weighted by Crippen LogP contribution is -2.47. The molecule has 6 heteroatoms. The lowest BCUT2D eigenvalue weighted by molar-refractivity contribution is -0.118. The maximum Gasteiger partial charge on any atom is 0.246 e. The Balaban J connectivity index is 1.92. The summed E-state index contributed by atoms with van der Waals surface area (Å²) in [7, 11) is -3.81. The number of anilines is 1. The van der Waals surface area contributed by atoms with Gasteiger partial charge in [-0.25, -0.2) is 8.42 Å². The number of carbonyl (C=O) groups excluding carboxylic acids is 2. The first-order valence-corrected chi connectivity index (χ1v) is 10.1. The molecule has 1 aliphatic carbocycles. The van der Waals surface area contributed by atoms with Crippen LogP contribution in [0.3, 0.4) is 0 Å². The topological polar surface area (TPSA) is 80.3 Å². The van der Waals surface area contributed by atoms with Crippen LogP contribution in [0, 0.1) is 0 Å². The van der Waals surface area contributed by atoms with E-state index in [2.05, 4.69) is 5.32 Å². The van der Waals surface area contributed by atoms with Crippen molar-refractivity contribution in [1.29, 1.82) is 0 Å². The van der Waals surface area contributed by atoms with E-state index in [1.807, 2.05) is 0 Å². The Hall–Kier alpha value is -2.47. The Labute approximate surface area is 153 Å². The van der Waals surface area contributed by atoms with Crippen molar-refractivity contribution in [3.63, 3.8) is 0 Å². The monoisotopic (exact) mass is 371 g/mol. The molecule has 26 heavy (non-hydrogen) atoms. The van der Waals surface area contributed by atoms with E-state index in [0.717, 1.165) is 0 Å². The Kier molecular flexibility index (Phi) is 4.96. The van der Waals surface area contributed by atoms with Crippen LogP contribution < -0.4 is 5.32 Å². The van der Waals surface area contributed by atoms with Crippen LogP contribution in [0.1, 0.15) is 43.0 Å². The van der Waals surface area contributed by atoms with Crippen LogP contribution in [-0.4, -0.2) is 24.9 Å². The largest absolute Gasteiger partial charge is 0.325 e. The van der Waals surface area contributed by atoms with Crippen LogP contribution in [-0.2, 0) is 14.6 Å². The first-order chi connectivity index (χ1) is 12.4. The van der Waals surface area contributed by atoms with Gasteiger partial charge in [0.25, 0.3) is 0 Å². The summed E-state index contributed by atoms with van der Waals surface area (Å²) in [5.41, 5.74) is 1.02. The molecule has 1 aliphatic rings. The number of nitrogens with one attached hydrogen (secondary N) is 1. The van der Waals surface area contributed by atoms with Gasteiger partial charge in [0.15, 0.2) is 20.4 Å². The number of rotatable bonds is 5. The van der Waals surface area contributed by atoms with Crippen LogP contribution in [0.15, 0.2) is 59.5 Å². The quantitative estimate of drug-likeness (QED) is 0.814. The lowest BCUT2D eigenvalue weighted by atomic mass is 10.1. The van der Waals surface area contributed by atoms with E-state index in [1.165, 1.54) is 19.1 Å². The van der Waals surface area contributed by atoms with Crippen LogP contribution in [0.5, 0.6) is 0 Å². The normalized spacial score (nSPS) is 16.2. The van der Waals surface area contributed by atoms with Crippen molar-refractivity contribution in [2.75, 3.05) is 5.32 Å². The summed E-state index contributed by atoms with van der Waals surface area (Å²) < 4.78 is 25.0. The van der Waals surface area contributed by atoms with Gasteiger partial charge < -0.3 is 5.32 Å². The van der Waals surface area contributed by atoms with Gasteiger partial charge in [-0.3, -0.25) is 9.59 Å². The number of hydrogen-bond donors (Lipinski definition) is 1. The number of Topliss-reactive ketones (excluding diaryl/α,β-unsaturated/α-hetero) is 1. The molecule has 5 nitrogen and oxygen atoms in total. The van der Waals surface area contributed by atoms with E-state index in [1.54, 1.807) is 42.5 Å². The molecule has 0 radical (unpaired) electrons. The second-order valence-corrected chi connectivity index (χ2v) is 8.87. The van der Waals surface area contributed by atoms with Crippen LogP contribution >= 0.6 is 0 Å².